The lowest BCUT2D eigenvalue weighted by Crippen LogP contribution is -2.58. The Morgan fingerprint density at radius 1 is 1.03 bits per heavy atom. The van der Waals surface area contributed by atoms with Gasteiger partial charge in [0.15, 0.2) is 0 Å². The quantitative estimate of drug-likeness (QED) is 0.445. The molecule has 2 aromatic carbocycles. The predicted molar refractivity (Wildman–Crippen MR) is 119 cm³/mol. The Morgan fingerprint density at radius 3 is 2.07 bits per heavy atom. The van der Waals surface area contributed by atoms with Gasteiger partial charge in [0.05, 0.1) is 5.41 Å². The summed E-state index contributed by atoms with van der Waals surface area (Å²) in [4.78, 5) is 12.6. The number of methoxy groups -OCH3 is 1. The molecule has 2 fully saturated rings. The molecule has 0 unspecified atom stereocenters. The second-order valence-corrected chi connectivity index (χ2v) is 9.21. The number of rotatable bonds is 6. The highest BCUT2D eigenvalue weighted by atomic mass is 16.5. The molecule has 3 nitrogen and oxygen atoms in total. The van der Waals surface area contributed by atoms with E-state index in [2.05, 4.69) is 62.4 Å². The molecule has 0 saturated heterocycles. The first kappa shape index (κ1) is 20.9. The van der Waals surface area contributed by atoms with Crippen molar-refractivity contribution < 1.29 is 14.3 Å². The number of hydrogen-bond donors (Lipinski definition) is 0. The molecule has 2 aliphatic rings. The lowest BCUT2D eigenvalue weighted by atomic mass is 9.54. The van der Waals surface area contributed by atoms with Crippen molar-refractivity contribution in [2.24, 2.45) is 16.7 Å². The number of benzene rings is 2. The molecule has 0 radical (unpaired) electrons. The molecule has 158 valence electrons. The van der Waals surface area contributed by atoms with Crippen LogP contribution in [0.3, 0.4) is 0 Å². The van der Waals surface area contributed by atoms with E-state index in [9.17, 15) is 4.79 Å². The van der Waals surface area contributed by atoms with E-state index >= 15 is 0 Å². The van der Waals surface area contributed by atoms with Gasteiger partial charge in [-0.25, -0.2) is 4.79 Å². The summed E-state index contributed by atoms with van der Waals surface area (Å²) >= 11 is 0. The van der Waals surface area contributed by atoms with E-state index in [0.717, 1.165) is 30.4 Å². The molecule has 4 rings (SSSR count). The molecule has 3 heteroatoms. The number of carbonyl (C=O) groups is 1. The monoisotopic (exact) mass is 404 g/mol. The highest BCUT2D eigenvalue weighted by Crippen LogP contribution is 2.74. The van der Waals surface area contributed by atoms with Crippen LogP contribution in [-0.2, 0) is 19.9 Å². The van der Waals surface area contributed by atoms with Crippen molar-refractivity contribution in [1.82, 2.24) is 0 Å². The van der Waals surface area contributed by atoms with Gasteiger partial charge in [0.25, 0.3) is 0 Å². The van der Waals surface area contributed by atoms with Crippen LogP contribution >= 0.6 is 0 Å². The minimum absolute atomic E-state index is 0.0600. The van der Waals surface area contributed by atoms with Crippen LogP contribution in [0.1, 0.15) is 51.2 Å². The van der Waals surface area contributed by atoms with E-state index < -0.39 is 5.60 Å². The fraction of sp³-hybridized carbons (Fsp3) is 0.444. The largest absolute Gasteiger partial charge is 0.458 e. The predicted octanol–water partition coefficient (Wildman–Crippen LogP) is 5.89. The lowest BCUT2D eigenvalue weighted by Gasteiger charge is -2.55. The van der Waals surface area contributed by atoms with Crippen molar-refractivity contribution in [1.29, 1.82) is 0 Å². The SMILES string of the molecule is C/C=C/C(=O)O[C@@H]1C[C@H]2CC[C@]1(C(OC)(c1ccccc1)c1ccccc1)C2(C)C. The maximum Gasteiger partial charge on any atom is 0.330 e. The number of fused-ring (bicyclic) bond motifs is 2. The average molecular weight is 405 g/mol. The fourth-order valence-corrected chi connectivity index (χ4v) is 6.66. The minimum Gasteiger partial charge on any atom is -0.458 e. The minimum atomic E-state index is -0.717. The highest BCUT2D eigenvalue weighted by molar-refractivity contribution is 5.82. The van der Waals surface area contributed by atoms with Crippen molar-refractivity contribution in [2.75, 3.05) is 7.11 Å². The third kappa shape index (κ3) is 2.71. The van der Waals surface area contributed by atoms with Crippen LogP contribution in [0.5, 0.6) is 0 Å². The third-order valence-corrected chi connectivity index (χ3v) is 7.96. The molecule has 2 saturated carbocycles. The van der Waals surface area contributed by atoms with Gasteiger partial charge in [0.1, 0.15) is 11.7 Å². The Balaban J connectivity index is 1.99. The second-order valence-electron chi connectivity index (χ2n) is 9.21. The van der Waals surface area contributed by atoms with Crippen LogP contribution in [0, 0.1) is 16.7 Å². The lowest BCUT2D eigenvalue weighted by molar-refractivity contribution is -0.189. The molecule has 0 aliphatic heterocycles. The van der Waals surface area contributed by atoms with Crippen LogP contribution in [0.2, 0.25) is 0 Å². The molecule has 0 amide bonds. The van der Waals surface area contributed by atoms with E-state index in [1.54, 1.807) is 13.2 Å². The number of carbonyl (C=O) groups excluding carboxylic acids is 1. The second kappa shape index (κ2) is 7.70. The first-order valence-corrected chi connectivity index (χ1v) is 10.9. The van der Waals surface area contributed by atoms with E-state index in [1.807, 2.05) is 19.1 Å². The number of ether oxygens (including phenoxy) is 2. The van der Waals surface area contributed by atoms with E-state index in [0.29, 0.717) is 5.92 Å². The average Bonchev–Trinajstić information content (AvgIpc) is 3.13. The van der Waals surface area contributed by atoms with Gasteiger partial charge < -0.3 is 9.47 Å². The van der Waals surface area contributed by atoms with Gasteiger partial charge in [-0.2, -0.15) is 0 Å². The molecule has 30 heavy (non-hydrogen) atoms. The molecule has 0 aromatic heterocycles. The number of allylic oxidation sites excluding steroid dienone is 1. The summed E-state index contributed by atoms with van der Waals surface area (Å²) in [6.45, 7) is 6.52. The third-order valence-electron chi connectivity index (χ3n) is 7.96. The van der Waals surface area contributed by atoms with E-state index in [1.165, 1.54) is 6.08 Å². The number of esters is 1. The summed E-state index contributed by atoms with van der Waals surface area (Å²) in [5.74, 6) is 0.221. The highest BCUT2D eigenvalue weighted by Gasteiger charge is 2.74. The zero-order valence-corrected chi connectivity index (χ0v) is 18.4. The smallest absolute Gasteiger partial charge is 0.330 e. The Morgan fingerprint density at radius 2 is 1.60 bits per heavy atom. The summed E-state index contributed by atoms with van der Waals surface area (Å²) in [5.41, 5.74) is 1.07. The van der Waals surface area contributed by atoms with Crippen molar-refractivity contribution >= 4 is 5.97 Å². The van der Waals surface area contributed by atoms with E-state index in [4.69, 9.17) is 9.47 Å². The first-order chi connectivity index (χ1) is 14.4. The fourth-order valence-electron chi connectivity index (χ4n) is 6.66. The number of hydrogen-bond acceptors (Lipinski definition) is 3. The summed E-state index contributed by atoms with van der Waals surface area (Å²) in [7, 11) is 1.81. The van der Waals surface area contributed by atoms with Crippen LogP contribution in [0.15, 0.2) is 72.8 Å². The summed E-state index contributed by atoms with van der Waals surface area (Å²) in [6, 6.07) is 20.9. The Hall–Kier alpha value is -2.39. The Bertz CT molecular complexity index is 876. The molecule has 0 spiro atoms. The van der Waals surface area contributed by atoms with Crippen LogP contribution in [0.25, 0.3) is 0 Å². The molecule has 2 bridgehead atoms. The molecule has 2 aliphatic carbocycles. The topological polar surface area (TPSA) is 35.5 Å². The van der Waals surface area contributed by atoms with Crippen molar-refractivity contribution in [3.8, 4) is 0 Å². The van der Waals surface area contributed by atoms with Gasteiger partial charge in [0.2, 0.25) is 0 Å². The molecular formula is C27H32O3. The van der Waals surface area contributed by atoms with Gasteiger partial charge >= 0.3 is 5.97 Å². The summed E-state index contributed by atoms with van der Waals surface area (Å²) < 4.78 is 12.8. The zero-order chi connectivity index (χ0) is 21.4. The van der Waals surface area contributed by atoms with Gasteiger partial charge in [-0.15, -0.1) is 0 Å². The molecule has 2 aromatic rings. The van der Waals surface area contributed by atoms with Gasteiger partial charge in [0, 0.05) is 13.2 Å². The summed E-state index contributed by atoms with van der Waals surface area (Å²) in [5, 5.41) is 0. The van der Waals surface area contributed by atoms with Gasteiger partial charge in [-0.05, 0) is 48.6 Å². The molecular weight excluding hydrogens is 372 g/mol. The Kier molecular flexibility index (Phi) is 5.36. The maximum absolute atomic E-state index is 12.6. The van der Waals surface area contributed by atoms with Crippen LogP contribution < -0.4 is 0 Å². The van der Waals surface area contributed by atoms with Gasteiger partial charge in [-0.1, -0.05) is 80.6 Å². The van der Waals surface area contributed by atoms with Crippen LogP contribution in [-0.4, -0.2) is 19.2 Å². The van der Waals surface area contributed by atoms with Crippen molar-refractivity contribution in [3.05, 3.63) is 83.9 Å². The van der Waals surface area contributed by atoms with E-state index in [-0.39, 0.29) is 22.9 Å². The standard InChI is InChI=1S/C27H32O3/c1-5-12-24(28)30-23-19-22-17-18-26(23,25(22,2)3)27(29-4,20-13-8-6-9-14-20)21-15-10-7-11-16-21/h5-16,22-23H,17-19H2,1-4H3/b12-5+/t22-,23-,26-/m1/s1. The molecule has 3 atom stereocenters. The van der Waals surface area contributed by atoms with Crippen molar-refractivity contribution in [3.63, 3.8) is 0 Å². The first-order valence-electron chi connectivity index (χ1n) is 10.9. The maximum atomic E-state index is 12.6. The summed E-state index contributed by atoms with van der Waals surface area (Å²) in [6.07, 6.45) is 6.00. The van der Waals surface area contributed by atoms with Crippen molar-refractivity contribution in [2.45, 2.75) is 51.7 Å². The molecule has 0 N–H and O–H groups in total. The van der Waals surface area contributed by atoms with Gasteiger partial charge in [-0.3, -0.25) is 0 Å². The Labute approximate surface area is 180 Å². The van der Waals surface area contributed by atoms with Crippen LogP contribution in [0.4, 0.5) is 0 Å². The zero-order valence-electron chi connectivity index (χ0n) is 18.4. The normalized spacial score (nSPS) is 27.5. The molecule has 0 heterocycles.